The van der Waals surface area contributed by atoms with Crippen LogP contribution in [-0.2, 0) is 0 Å². The maximum atomic E-state index is 3.50. The van der Waals surface area contributed by atoms with E-state index in [1.54, 1.807) is 0 Å². The van der Waals surface area contributed by atoms with Crippen LogP contribution in [0.2, 0.25) is 0 Å². The van der Waals surface area contributed by atoms with Gasteiger partial charge in [-0.25, -0.2) is 0 Å². The van der Waals surface area contributed by atoms with E-state index in [-0.39, 0.29) is 0 Å². The zero-order chi connectivity index (χ0) is 13.7. The van der Waals surface area contributed by atoms with Crippen molar-refractivity contribution in [3.63, 3.8) is 0 Å². The molecule has 2 rings (SSSR count). The van der Waals surface area contributed by atoms with Crippen molar-refractivity contribution in [2.24, 2.45) is 0 Å². The van der Waals surface area contributed by atoms with Crippen LogP contribution in [0.15, 0.2) is 42.5 Å². The lowest BCUT2D eigenvalue weighted by molar-refractivity contribution is 1.07. The molecule has 0 radical (unpaired) electrons. The van der Waals surface area contributed by atoms with Gasteiger partial charge in [-0.05, 0) is 49.6 Å². The molecule has 100 valence electrons. The van der Waals surface area contributed by atoms with Crippen LogP contribution in [-0.4, -0.2) is 13.1 Å². The largest absolute Gasteiger partial charge is 0.383 e. The number of hydrogen-bond donors (Lipinski definition) is 2. The van der Waals surface area contributed by atoms with Gasteiger partial charge in [0.2, 0.25) is 0 Å². The van der Waals surface area contributed by atoms with Crippen LogP contribution in [0.1, 0.15) is 16.7 Å². The van der Waals surface area contributed by atoms with Crippen molar-refractivity contribution in [1.29, 1.82) is 0 Å². The van der Waals surface area contributed by atoms with Crippen LogP contribution in [0, 0.1) is 20.8 Å². The Hall–Kier alpha value is -1.96. The second kappa shape index (κ2) is 6.28. The molecule has 0 aliphatic rings. The van der Waals surface area contributed by atoms with Gasteiger partial charge < -0.3 is 10.6 Å². The molecular weight excluding hydrogens is 232 g/mol. The van der Waals surface area contributed by atoms with E-state index < -0.39 is 0 Å². The molecule has 0 heterocycles. The summed E-state index contributed by atoms with van der Waals surface area (Å²) >= 11 is 0. The van der Waals surface area contributed by atoms with E-state index in [0.717, 1.165) is 13.1 Å². The molecule has 0 spiro atoms. The van der Waals surface area contributed by atoms with Gasteiger partial charge in [-0.1, -0.05) is 30.3 Å². The summed E-state index contributed by atoms with van der Waals surface area (Å²) in [5.74, 6) is 0. The summed E-state index contributed by atoms with van der Waals surface area (Å²) in [7, 11) is 0. The minimum Gasteiger partial charge on any atom is -0.383 e. The molecule has 2 N–H and O–H groups in total. The van der Waals surface area contributed by atoms with E-state index in [4.69, 9.17) is 0 Å². The topological polar surface area (TPSA) is 24.1 Å². The first-order valence-electron chi connectivity index (χ1n) is 6.77. The normalized spacial score (nSPS) is 10.3. The summed E-state index contributed by atoms with van der Waals surface area (Å²) in [4.78, 5) is 0. The molecule has 0 saturated heterocycles. The van der Waals surface area contributed by atoms with Crippen LogP contribution in [0.25, 0.3) is 0 Å². The fourth-order valence-electron chi connectivity index (χ4n) is 2.24. The van der Waals surface area contributed by atoms with Crippen LogP contribution in [0.3, 0.4) is 0 Å². The standard InChI is InChI=1S/C17H22N2/c1-13-6-4-9-16(12-13)18-10-11-19-17-14(2)7-5-8-15(17)3/h4-9,12,18-19H,10-11H2,1-3H3. The lowest BCUT2D eigenvalue weighted by atomic mass is 10.1. The first-order chi connectivity index (χ1) is 9.16. The third-order valence-corrected chi connectivity index (χ3v) is 3.26. The second-order valence-electron chi connectivity index (χ2n) is 4.99. The van der Waals surface area contributed by atoms with Crippen LogP contribution >= 0.6 is 0 Å². The Balaban J connectivity index is 1.84. The minimum absolute atomic E-state index is 0.914. The van der Waals surface area contributed by atoms with Gasteiger partial charge in [-0.2, -0.15) is 0 Å². The summed E-state index contributed by atoms with van der Waals surface area (Å²) in [5.41, 5.74) is 6.33. The van der Waals surface area contributed by atoms with E-state index in [9.17, 15) is 0 Å². The second-order valence-corrected chi connectivity index (χ2v) is 4.99. The van der Waals surface area contributed by atoms with Gasteiger partial charge in [-0.3, -0.25) is 0 Å². The van der Waals surface area contributed by atoms with E-state index in [2.05, 4.69) is 73.9 Å². The Morgan fingerprint density at radius 3 is 2.11 bits per heavy atom. The maximum Gasteiger partial charge on any atom is 0.0400 e. The molecule has 0 amide bonds. The number of anilines is 2. The molecule has 2 nitrogen and oxygen atoms in total. The van der Waals surface area contributed by atoms with Gasteiger partial charge in [0, 0.05) is 24.5 Å². The molecule has 0 aliphatic heterocycles. The summed E-state index contributed by atoms with van der Waals surface area (Å²) in [6.07, 6.45) is 0. The average Bonchev–Trinajstić information content (AvgIpc) is 2.37. The Morgan fingerprint density at radius 2 is 1.42 bits per heavy atom. The number of nitrogens with one attached hydrogen (secondary N) is 2. The van der Waals surface area contributed by atoms with Crippen molar-refractivity contribution < 1.29 is 0 Å². The molecule has 2 aromatic rings. The van der Waals surface area contributed by atoms with Gasteiger partial charge in [0.05, 0.1) is 0 Å². The molecular formula is C17H22N2. The van der Waals surface area contributed by atoms with E-state index in [1.165, 1.54) is 28.1 Å². The van der Waals surface area contributed by atoms with Crippen molar-refractivity contribution >= 4 is 11.4 Å². The number of benzene rings is 2. The van der Waals surface area contributed by atoms with Gasteiger partial charge >= 0.3 is 0 Å². The van der Waals surface area contributed by atoms with Crippen LogP contribution in [0.5, 0.6) is 0 Å². The molecule has 0 fully saturated rings. The average molecular weight is 254 g/mol. The molecule has 2 heteroatoms. The fraction of sp³-hybridized carbons (Fsp3) is 0.294. The number of hydrogen-bond acceptors (Lipinski definition) is 2. The highest BCUT2D eigenvalue weighted by Crippen LogP contribution is 2.18. The fourth-order valence-corrected chi connectivity index (χ4v) is 2.24. The van der Waals surface area contributed by atoms with Crippen molar-refractivity contribution in [3.05, 3.63) is 59.2 Å². The van der Waals surface area contributed by atoms with E-state index in [1.807, 2.05) is 0 Å². The Kier molecular flexibility index (Phi) is 4.45. The molecule has 0 bridgehead atoms. The Morgan fingerprint density at radius 1 is 0.789 bits per heavy atom. The Labute approximate surface area is 115 Å². The van der Waals surface area contributed by atoms with Gasteiger partial charge in [0.25, 0.3) is 0 Å². The molecule has 0 aromatic heterocycles. The van der Waals surface area contributed by atoms with Crippen molar-refractivity contribution in [3.8, 4) is 0 Å². The van der Waals surface area contributed by atoms with E-state index >= 15 is 0 Å². The van der Waals surface area contributed by atoms with Crippen LogP contribution < -0.4 is 10.6 Å². The molecule has 0 saturated carbocycles. The lowest BCUT2D eigenvalue weighted by Gasteiger charge is -2.13. The predicted octanol–water partition coefficient (Wildman–Crippen LogP) is 4.14. The lowest BCUT2D eigenvalue weighted by Crippen LogP contribution is -2.14. The zero-order valence-electron chi connectivity index (χ0n) is 12.0. The highest BCUT2D eigenvalue weighted by atomic mass is 14.9. The predicted molar refractivity (Wildman–Crippen MR) is 84.1 cm³/mol. The van der Waals surface area contributed by atoms with Crippen molar-refractivity contribution in [2.45, 2.75) is 20.8 Å². The monoisotopic (exact) mass is 254 g/mol. The highest BCUT2D eigenvalue weighted by Gasteiger charge is 2.00. The number of rotatable bonds is 5. The summed E-state index contributed by atoms with van der Waals surface area (Å²) in [6.45, 7) is 8.23. The quantitative estimate of drug-likeness (QED) is 0.784. The molecule has 0 unspecified atom stereocenters. The first-order valence-corrected chi connectivity index (χ1v) is 6.77. The SMILES string of the molecule is Cc1cccc(NCCNc2c(C)cccc2C)c1. The minimum atomic E-state index is 0.914. The summed E-state index contributed by atoms with van der Waals surface area (Å²) in [6, 6.07) is 14.8. The van der Waals surface area contributed by atoms with Gasteiger partial charge in [0.1, 0.15) is 0 Å². The van der Waals surface area contributed by atoms with Crippen molar-refractivity contribution in [1.82, 2.24) is 0 Å². The summed E-state index contributed by atoms with van der Waals surface area (Å²) in [5, 5.41) is 6.94. The zero-order valence-corrected chi connectivity index (χ0v) is 12.0. The molecule has 0 aliphatic carbocycles. The maximum absolute atomic E-state index is 3.50. The third-order valence-electron chi connectivity index (χ3n) is 3.26. The number of para-hydroxylation sites is 1. The van der Waals surface area contributed by atoms with Crippen molar-refractivity contribution in [2.75, 3.05) is 23.7 Å². The smallest absolute Gasteiger partial charge is 0.0400 e. The molecule has 19 heavy (non-hydrogen) atoms. The van der Waals surface area contributed by atoms with E-state index in [0.29, 0.717) is 0 Å². The first kappa shape index (κ1) is 13.5. The third kappa shape index (κ3) is 3.75. The Bertz CT molecular complexity index is 526. The highest BCUT2D eigenvalue weighted by molar-refractivity contribution is 5.56. The van der Waals surface area contributed by atoms with Crippen LogP contribution in [0.4, 0.5) is 11.4 Å². The van der Waals surface area contributed by atoms with Gasteiger partial charge in [-0.15, -0.1) is 0 Å². The molecule has 0 atom stereocenters. The van der Waals surface area contributed by atoms with Gasteiger partial charge in [0.15, 0.2) is 0 Å². The number of aryl methyl sites for hydroxylation is 3. The molecule has 2 aromatic carbocycles. The summed E-state index contributed by atoms with van der Waals surface area (Å²) < 4.78 is 0.